The molecule has 3 heteroatoms. The van der Waals surface area contributed by atoms with Gasteiger partial charge in [0.15, 0.2) is 0 Å². The molecule has 3 nitrogen and oxygen atoms in total. The topological polar surface area (TPSA) is 46.5 Å². The minimum atomic E-state index is -0.386. The van der Waals surface area contributed by atoms with E-state index in [1.165, 1.54) is 0 Å². The van der Waals surface area contributed by atoms with Crippen molar-refractivity contribution in [2.45, 2.75) is 31.8 Å². The number of ether oxygens (including phenoxy) is 1. The molecule has 0 aromatic heterocycles. The standard InChI is InChI=1S/C16H20O3/c1-12-13(8-5-9-15(12)17)10-11-19-16(18)14-6-3-2-4-7-14/h2-4,6-7,13,15,17H,1,5,8-11H2. The van der Waals surface area contributed by atoms with Crippen LogP contribution in [0.5, 0.6) is 0 Å². The van der Waals surface area contributed by atoms with Crippen molar-refractivity contribution in [1.29, 1.82) is 0 Å². The molecule has 0 radical (unpaired) electrons. The Morgan fingerprint density at radius 1 is 1.32 bits per heavy atom. The number of aliphatic hydroxyl groups is 1. The van der Waals surface area contributed by atoms with Crippen LogP contribution in [0.25, 0.3) is 0 Å². The van der Waals surface area contributed by atoms with Crippen LogP contribution in [0.1, 0.15) is 36.0 Å². The molecule has 19 heavy (non-hydrogen) atoms. The zero-order chi connectivity index (χ0) is 13.7. The van der Waals surface area contributed by atoms with Crippen LogP contribution >= 0.6 is 0 Å². The minimum Gasteiger partial charge on any atom is -0.462 e. The summed E-state index contributed by atoms with van der Waals surface area (Å²) in [6.07, 6.45) is 3.20. The van der Waals surface area contributed by atoms with Crippen molar-refractivity contribution in [3.8, 4) is 0 Å². The van der Waals surface area contributed by atoms with Gasteiger partial charge in [-0.25, -0.2) is 4.79 Å². The van der Waals surface area contributed by atoms with Crippen molar-refractivity contribution in [2.24, 2.45) is 5.92 Å². The minimum absolute atomic E-state index is 0.271. The fraction of sp³-hybridized carbons (Fsp3) is 0.438. The number of hydrogen-bond acceptors (Lipinski definition) is 3. The van der Waals surface area contributed by atoms with E-state index in [1.807, 2.05) is 18.2 Å². The number of carbonyl (C=O) groups is 1. The lowest BCUT2D eigenvalue weighted by atomic mass is 9.81. The Labute approximate surface area is 113 Å². The summed E-state index contributed by atoms with van der Waals surface area (Å²) >= 11 is 0. The second-order valence-corrected chi connectivity index (χ2v) is 5.01. The molecule has 0 amide bonds. The molecule has 0 heterocycles. The largest absolute Gasteiger partial charge is 0.462 e. The molecule has 1 fully saturated rings. The summed E-state index contributed by atoms with van der Waals surface area (Å²) in [5.74, 6) is -0.0186. The van der Waals surface area contributed by atoms with E-state index in [-0.39, 0.29) is 18.0 Å². The molecule has 1 aromatic rings. The molecule has 0 spiro atoms. The van der Waals surface area contributed by atoms with Crippen molar-refractivity contribution < 1.29 is 14.6 Å². The number of aliphatic hydroxyl groups excluding tert-OH is 1. The Kier molecular flexibility index (Phi) is 4.74. The fourth-order valence-electron chi connectivity index (χ4n) is 2.48. The lowest BCUT2D eigenvalue weighted by molar-refractivity contribution is 0.0475. The van der Waals surface area contributed by atoms with Crippen LogP contribution in [-0.2, 0) is 4.74 Å². The Morgan fingerprint density at radius 2 is 2.05 bits per heavy atom. The van der Waals surface area contributed by atoms with Gasteiger partial charge in [-0.1, -0.05) is 24.8 Å². The predicted molar refractivity (Wildman–Crippen MR) is 73.8 cm³/mol. The third kappa shape index (κ3) is 3.67. The lowest BCUT2D eigenvalue weighted by Crippen LogP contribution is -2.24. The molecule has 2 rings (SSSR count). The molecule has 1 aliphatic carbocycles. The molecule has 1 saturated carbocycles. The molecule has 2 atom stereocenters. The number of hydrogen-bond donors (Lipinski definition) is 1. The maximum absolute atomic E-state index is 11.7. The van der Waals surface area contributed by atoms with Crippen molar-refractivity contribution in [2.75, 3.05) is 6.61 Å². The van der Waals surface area contributed by atoms with E-state index in [0.29, 0.717) is 12.2 Å². The van der Waals surface area contributed by atoms with Crippen molar-refractivity contribution >= 4 is 5.97 Å². The summed E-state index contributed by atoms with van der Waals surface area (Å²) in [4.78, 5) is 11.7. The van der Waals surface area contributed by atoms with Crippen LogP contribution in [0, 0.1) is 5.92 Å². The van der Waals surface area contributed by atoms with Crippen LogP contribution in [0.15, 0.2) is 42.5 Å². The van der Waals surface area contributed by atoms with Gasteiger partial charge in [-0.15, -0.1) is 0 Å². The van der Waals surface area contributed by atoms with Gasteiger partial charge in [0.1, 0.15) is 0 Å². The van der Waals surface area contributed by atoms with Gasteiger partial charge in [0.25, 0.3) is 0 Å². The van der Waals surface area contributed by atoms with Gasteiger partial charge in [0.2, 0.25) is 0 Å². The summed E-state index contributed by atoms with van der Waals surface area (Å²) < 4.78 is 5.25. The smallest absolute Gasteiger partial charge is 0.338 e. The molecule has 1 N–H and O–H groups in total. The van der Waals surface area contributed by atoms with Gasteiger partial charge < -0.3 is 9.84 Å². The highest BCUT2D eigenvalue weighted by molar-refractivity contribution is 5.89. The molecule has 2 unspecified atom stereocenters. The quantitative estimate of drug-likeness (QED) is 0.668. The summed E-state index contributed by atoms with van der Waals surface area (Å²) in [6.45, 7) is 4.32. The van der Waals surface area contributed by atoms with Gasteiger partial charge in [-0.05, 0) is 49.3 Å². The van der Waals surface area contributed by atoms with Crippen LogP contribution in [-0.4, -0.2) is 23.8 Å². The van der Waals surface area contributed by atoms with E-state index >= 15 is 0 Å². The Balaban J connectivity index is 1.77. The third-order valence-electron chi connectivity index (χ3n) is 3.69. The number of esters is 1. The van der Waals surface area contributed by atoms with Gasteiger partial charge in [0.05, 0.1) is 18.3 Å². The van der Waals surface area contributed by atoms with Crippen molar-refractivity contribution in [3.63, 3.8) is 0 Å². The van der Waals surface area contributed by atoms with E-state index in [0.717, 1.165) is 31.3 Å². The van der Waals surface area contributed by atoms with Crippen molar-refractivity contribution in [3.05, 3.63) is 48.0 Å². The first kappa shape index (κ1) is 13.8. The highest BCUT2D eigenvalue weighted by Crippen LogP contribution is 2.30. The molecule has 102 valence electrons. The summed E-state index contributed by atoms with van der Waals surface area (Å²) in [6, 6.07) is 8.98. The third-order valence-corrected chi connectivity index (χ3v) is 3.69. The molecule has 0 aliphatic heterocycles. The zero-order valence-corrected chi connectivity index (χ0v) is 11.0. The molecule has 1 aliphatic rings. The monoisotopic (exact) mass is 260 g/mol. The van der Waals surface area contributed by atoms with E-state index in [1.54, 1.807) is 12.1 Å². The summed E-state index contributed by atoms with van der Waals surface area (Å²) in [7, 11) is 0. The predicted octanol–water partition coefficient (Wildman–Crippen LogP) is 2.95. The molecular weight excluding hydrogens is 240 g/mol. The average molecular weight is 260 g/mol. The van der Waals surface area contributed by atoms with Crippen LogP contribution < -0.4 is 0 Å². The van der Waals surface area contributed by atoms with E-state index in [2.05, 4.69) is 6.58 Å². The highest BCUT2D eigenvalue weighted by atomic mass is 16.5. The van der Waals surface area contributed by atoms with E-state index < -0.39 is 0 Å². The Hall–Kier alpha value is -1.61. The first-order valence-electron chi connectivity index (χ1n) is 6.77. The molecule has 0 bridgehead atoms. The van der Waals surface area contributed by atoms with E-state index in [4.69, 9.17) is 4.74 Å². The summed E-state index contributed by atoms with van der Waals surface area (Å²) in [5.41, 5.74) is 1.46. The number of benzene rings is 1. The molecular formula is C16H20O3. The maximum Gasteiger partial charge on any atom is 0.338 e. The first-order chi connectivity index (χ1) is 9.18. The lowest BCUT2D eigenvalue weighted by Gasteiger charge is -2.28. The Morgan fingerprint density at radius 3 is 2.79 bits per heavy atom. The van der Waals surface area contributed by atoms with Crippen LogP contribution in [0.2, 0.25) is 0 Å². The SMILES string of the molecule is C=C1C(O)CCCC1CCOC(=O)c1ccccc1. The molecule has 1 aromatic carbocycles. The second-order valence-electron chi connectivity index (χ2n) is 5.01. The molecule has 0 saturated heterocycles. The van der Waals surface area contributed by atoms with Crippen LogP contribution in [0.4, 0.5) is 0 Å². The average Bonchev–Trinajstić information content (AvgIpc) is 2.44. The highest BCUT2D eigenvalue weighted by Gasteiger charge is 2.24. The Bertz CT molecular complexity index is 439. The van der Waals surface area contributed by atoms with Crippen molar-refractivity contribution in [1.82, 2.24) is 0 Å². The normalized spacial score (nSPS) is 23.1. The number of carbonyl (C=O) groups excluding carboxylic acids is 1. The number of rotatable bonds is 4. The second kappa shape index (κ2) is 6.53. The maximum atomic E-state index is 11.7. The summed E-state index contributed by atoms with van der Waals surface area (Å²) in [5, 5.41) is 9.73. The van der Waals surface area contributed by atoms with Gasteiger partial charge in [0, 0.05) is 0 Å². The van der Waals surface area contributed by atoms with Gasteiger partial charge >= 0.3 is 5.97 Å². The fourth-order valence-corrected chi connectivity index (χ4v) is 2.48. The van der Waals surface area contributed by atoms with Gasteiger partial charge in [-0.3, -0.25) is 0 Å². The first-order valence-corrected chi connectivity index (χ1v) is 6.77. The van der Waals surface area contributed by atoms with Crippen LogP contribution in [0.3, 0.4) is 0 Å². The van der Waals surface area contributed by atoms with E-state index in [9.17, 15) is 9.90 Å². The van der Waals surface area contributed by atoms with Gasteiger partial charge in [-0.2, -0.15) is 0 Å². The zero-order valence-electron chi connectivity index (χ0n) is 11.0.